The summed E-state index contributed by atoms with van der Waals surface area (Å²) in [6.45, 7) is 4.25. The molecule has 1 unspecified atom stereocenters. The van der Waals surface area contributed by atoms with E-state index in [2.05, 4.69) is 5.32 Å². The monoisotopic (exact) mass is 217 g/mol. The van der Waals surface area contributed by atoms with Gasteiger partial charge in [0.1, 0.15) is 0 Å². The van der Waals surface area contributed by atoms with Crippen molar-refractivity contribution in [3.63, 3.8) is 0 Å². The Kier molecular flexibility index (Phi) is 6.17. The molecule has 15 heavy (non-hydrogen) atoms. The third-order valence-corrected chi connectivity index (χ3v) is 3.10. The van der Waals surface area contributed by atoms with Crippen LogP contribution in [0.2, 0.25) is 0 Å². The molecule has 1 atom stereocenters. The number of aliphatic hydroxyl groups excluding tert-OH is 1. The van der Waals surface area contributed by atoms with Crippen LogP contribution in [-0.4, -0.2) is 51.7 Å². The Balaban J connectivity index is 2.15. The molecule has 1 saturated heterocycles. The quantitative estimate of drug-likeness (QED) is 0.606. The zero-order valence-electron chi connectivity index (χ0n) is 9.63. The van der Waals surface area contributed by atoms with Crippen LogP contribution in [0.4, 0.5) is 0 Å². The van der Waals surface area contributed by atoms with Crippen LogP contribution in [-0.2, 0) is 9.47 Å². The lowest BCUT2D eigenvalue weighted by atomic mass is 9.79. The van der Waals surface area contributed by atoms with Crippen LogP contribution in [0.3, 0.4) is 0 Å². The Bertz CT molecular complexity index is 158. The van der Waals surface area contributed by atoms with Gasteiger partial charge in [0.15, 0.2) is 0 Å². The molecule has 0 radical (unpaired) electrons. The second-order valence-electron chi connectivity index (χ2n) is 4.29. The predicted molar refractivity (Wildman–Crippen MR) is 58.9 cm³/mol. The van der Waals surface area contributed by atoms with Crippen molar-refractivity contribution in [2.24, 2.45) is 5.41 Å². The van der Waals surface area contributed by atoms with Crippen LogP contribution in [0.15, 0.2) is 0 Å². The lowest BCUT2D eigenvalue weighted by Gasteiger charge is -2.36. The summed E-state index contributed by atoms with van der Waals surface area (Å²) < 4.78 is 10.3. The highest BCUT2D eigenvalue weighted by molar-refractivity contribution is 4.84. The summed E-state index contributed by atoms with van der Waals surface area (Å²) in [5.74, 6) is 0. The van der Waals surface area contributed by atoms with E-state index in [0.29, 0.717) is 19.8 Å². The normalized spacial score (nSPS) is 26.8. The van der Waals surface area contributed by atoms with Gasteiger partial charge in [-0.2, -0.15) is 0 Å². The Morgan fingerprint density at radius 1 is 1.33 bits per heavy atom. The number of piperidine rings is 1. The van der Waals surface area contributed by atoms with Gasteiger partial charge in [-0.1, -0.05) is 0 Å². The van der Waals surface area contributed by atoms with E-state index in [-0.39, 0.29) is 12.0 Å². The zero-order chi connectivity index (χ0) is 11.0. The van der Waals surface area contributed by atoms with Crippen LogP contribution >= 0.6 is 0 Å². The van der Waals surface area contributed by atoms with Gasteiger partial charge in [-0.15, -0.1) is 0 Å². The molecule has 0 bridgehead atoms. The molecular formula is C11H23NO3. The number of hydrogen-bond acceptors (Lipinski definition) is 4. The summed E-state index contributed by atoms with van der Waals surface area (Å²) in [6.07, 6.45) is 3.18. The summed E-state index contributed by atoms with van der Waals surface area (Å²) in [7, 11) is 1.67. The summed E-state index contributed by atoms with van der Waals surface area (Å²) in [5, 5.41) is 12.8. The summed E-state index contributed by atoms with van der Waals surface area (Å²) in [6, 6.07) is 0. The molecule has 0 aromatic heterocycles. The number of rotatable bonds is 7. The van der Waals surface area contributed by atoms with Crippen molar-refractivity contribution < 1.29 is 14.6 Å². The molecule has 0 saturated carbocycles. The number of aliphatic hydroxyl groups is 1. The molecule has 1 heterocycles. The van der Waals surface area contributed by atoms with Crippen molar-refractivity contribution in [2.45, 2.75) is 19.3 Å². The fraction of sp³-hybridized carbons (Fsp3) is 1.00. The van der Waals surface area contributed by atoms with E-state index >= 15 is 0 Å². The van der Waals surface area contributed by atoms with Gasteiger partial charge in [0, 0.05) is 32.3 Å². The van der Waals surface area contributed by atoms with E-state index in [9.17, 15) is 5.11 Å². The highest BCUT2D eigenvalue weighted by Gasteiger charge is 2.30. The minimum absolute atomic E-state index is 0.0469. The first-order chi connectivity index (χ1) is 7.33. The maximum Gasteiger partial charge on any atom is 0.0700 e. The highest BCUT2D eigenvalue weighted by atomic mass is 16.5. The maximum absolute atomic E-state index is 9.42. The van der Waals surface area contributed by atoms with E-state index in [1.807, 2.05) is 0 Å². The molecule has 4 heteroatoms. The molecule has 2 N–H and O–H groups in total. The topological polar surface area (TPSA) is 50.7 Å². The van der Waals surface area contributed by atoms with Gasteiger partial charge in [0.2, 0.25) is 0 Å². The maximum atomic E-state index is 9.42. The number of ether oxygens (including phenoxy) is 2. The SMILES string of the molecule is COCCOCCC1(CO)CCCNC1. The van der Waals surface area contributed by atoms with Crippen molar-refractivity contribution in [2.75, 3.05) is 46.6 Å². The fourth-order valence-electron chi connectivity index (χ4n) is 1.99. The van der Waals surface area contributed by atoms with Crippen LogP contribution in [0.5, 0.6) is 0 Å². The summed E-state index contributed by atoms with van der Waals surface area (Å²) in [5.41, 5.74) is 0.0469. The molecule has 0 aromatic rings. The number of nitrogens with one attached hydrogen (secondary N) is 1. The van der Waals surface area contributed by atoms with Crippen molar-refractivity contribution in [1.82, 2.24) is 5.32 Å². The molecule has 0 aliphatic carbocycles. The third kappa shape index (κ3) is 4.47. The molecule has 1 aliphatic rings. The van der Waals surface area contributed by atoms with Crippen LogP contribution < -0.4 is 5.32 Å². The second kappa shape index (κ2) is 7.17. The van der Waals surface area contributed by atoms with Crippen molar-refractivity contribution in [3.8, 4) is 0 Å². The molecule has 0 spiro atoms. The Labute approximate surface area is 92.0 Å². The molecule has 0 aromatic carbocycles. The van der Waals surface area contributed by atoms with Crippen LogP contribution in [0, 0.1) is 5.41 Å². The fourth-order valence-corrected chi connectivity index (χ4v) is 1.99. The molecule has 0 amide bonds. The van der Waals surface area contributed by atoms with E-state index in [1.54, 1.807) is 7.11 Å². The van der Waals surface area contributed by atoms with Gasteiger partial charge in [0.05, 0.1) is 13.2 Å². The van der Waals surface area contributed by atoms with Crippen molar-refractivity contribution in [3.05, 3.63) is 0 Å². The molecule has 1 aliphatic heterocycles. The van der Waals surface area contributed by atoms with Gasteiger partial charge < -0.3 is 19.9 Å². The third-order valence-electron chi connectivity index (χ3n) is 3.10. The minimum Gasteiger partial charge on any atom is -0.396 e. The summed E-state index contributed by atoms with van der Waals surface area (Å²) >= 11 is 0. The van der Waals surface area contributed by atoms with E-state index in [0.717, 1.165) is 32.4 Å². The first kappa shape index (κ1) is 12.9. The lowest BCUT2D eigenvalue weighted by molar-refractivity contribution is 0.0234. The van der Waals surface area contributed by atoms with Crippen LogP contribution in [0.25, 0.3) is 0 Å². The summed E-state index contributed by atoms with van der Waals surface area (Å²) in [4.78, 5) is 0. The molecule has 1 fully saturated rings. The number of hydrogen-bond donors (Lipinski definition) is 2. The first-order valence-electron chi connectivity index (χ1n) is 5.71. The smallest absolute Gasteiger partial charge is 0.0700 e. The molecule has 1 rings (SSSR count). The van der Waals surface area contributed by atoms with Crippen molar-refractivity contribution >= 4 is 0 Å². The van der Waals surface area contributed by atoms with Crippen molar-refractivity contribution in [1.29, 1.82) is 0 Å². The Hall–Kier alpha value is -0.160. The van der Waals surface area contributed by atoms with Gasteiger partial charge in [0.25, 0.3) is 0 Å². The molecular weight excluding hydrogens is 194 g/mol. The number of methoxy groups -OCH3 is 1. The van der Waals surface area contributed by atoms with Gasteiger partial charge in [-0.3, -0.25) is 0 Å². The largest absolute Gasteiger partial charge is 0.396 e. The lowest BCUT2D eigenvalue weighted by Crippen LogP contribution is -2.43. The van der Waals surface area contributed by atoms with Gasteiger partial charge in [-0.25, -0.2) is 0 Å². The minimum atomic E-state index is 0.0469. The highest BCUT2D eigenvalue weighted by Crippen LogP contribution is 2.29. The Morgan fingerprint density at radius 3 is 2.80 bits per heavy atom. The predicted octanol–water partition coefficient (Wildman–Crippen LogP) is 0.402. The first-order valence-corrected chi connectivity index (χ1v) is 5.71. The van der Waals surface area contributed by atoms with Gasteiger partial charge >= 0.3 is 0 Å². The van der Waals surface area contributed by atoms with E-state index < -0.39 is 0 Å². The average molecular weight is 217 g/mol. The van der Waals surface area contributed by atoms with E-state index in [1.165, 1.54) is 0 Å². The van der Waals surface area contributed by atoms with Gasteiger partial charge in [-0.05, 0) is 25.8 Å². The molecule has 4 nitrogen and oxygen atoms in total. The Morgan fingerprint density at radius 2 is 2.20 bits per heavy atom. The molecule has 90 valence electrons. The standard InChI is InChI=1S/C11H23NO3/c1-14-7-8-15-6-4-11(10-13)3-2-5-12-9-11/h12-13H,2-10H2,1H3. The average Bonchev–Trinajstić information content (AvgIpc) is 2.30. The zero-order valence-corrected chi connectivity index (χ0v) is 9.63. The second-order valence-corrected chi connectivity index (χ2v) is 4.29. The van der Waals surface area contributed by atoms with Crippen LogP contribution in [0.1, 0.15) is 19.3 Å². The van der Waals surface area contributed by atoms with E-state index in [4.69, 9.17) is 9.47 Å².